The summed E-state index contributed by atoms with van der Waals surface area (Å²) in [6, 6.07) is 10.6. The van der Waals surface area contributed by atoms with Crippen LogP contribution in [0.2, 0.25) is 0 Å². The van der Waals surface area contributed by atoms with E-state index in [0.717, 1.165) is 5.56 Å². The summed E-state index contributed by atoms with van der Waals surface area (Å²) in [4.78, 5) is 12.6. The maximum atomic E-state index is 12.6. The molecule has 0 saturated carbocycles. The number of carbonyl (C=O) groups excluding carboxylic acids is 1. The minimum Gasteiger partial charge on any atom is -0.493 e. The summed E-state index contributed by atoms with van der Waals surface area (Å²) in [5, 5.41) is 2.83. The highest BCUT2D eigenvalue weighted by molar-refractivity contribution is 6.07. The van der Waals surface area contributed by atoms with Gasteiger partial charge in [-0.2, -0.15) is 0 Å². The van der Waals surface area contributed by atoms with E-state index in [1.165, 1.54) is 21.3 Å². The number of nitrogens with one attached hydrogen (secondary N) is 1. The first-order valence-electron chi connectivity index (χ1n) is 7.47. The Morgan fingerprint density at radius 1 is 0.958 bits per heavy atom. The molecular formula is C18H22N2O4. The Bertz CT molecular complexity index is 712. The van der Waals surface area contributed by atoms with Gasteiger partial charge in [0.2, 0.25) is 5.75 Å². The van der Waals surface area contributed by atoms with Crippen LogP contribution in [-0.4, -0.2) is 27.2 Å². The summed E-state index contributed by atoms with van der Waals surface area (Å²) in [6.45, 7) is 1.90. The molecule has 6 nitrogen and oxygen atoms in total. The van der Waals surface area contributed by atoms with E-state index >= 15 is 0 Å². The number of anilines is 1. The van der Waals surface area contributed by atoms with Gasteiger partial charge in [-0.3, -0.25) is 4.79 Å². The fraction of sp³-hybridized carbons (Fsp3) is 0.278. The molecule has 6 heteroatoms. The van der Waals surface area contributed by atoms with Gasteiger partial charge in [0.25, 0.3) is 5.91 Å². The van der Waals surface area contributed by atoms with E-state index in [4.69, 9.17) is 19.9 Å². The summed E-state index contributed by atoms with van der Waals surface area (Å²) in [7, 11) is 4.50. The maximum Gasteiger partial charge on any atom is 0.259 e. The Kier molecular flexibility index (Phi) is 5.65. The van der Waals surface area contributed by atoms with E-state index in [1.54, 1.807) is 12.1 Å². The molecule has 0 spiro atoms. The summed E-state index contributed by atoms with van der Waals surface area (Å²) in [5.41, 5.74) is 7.84. The van der Waals surface area contributed by atoms with Gasteiger partial charge in [-0.15, -0.1) is 0 Å². The Balaban J connectivity index is 2.29. The quantitative estimate of drug-likeness (QED) is 0.851. The molecule has 2 aromatic carbocycles. The van der Waals surface area contributed by atoms with Gasteiger partial charge < -0.3 is 25.3 Å². The molecule has 3 N–H and O–H groups in total. The van der Waals surface area contributed by atoms with E-state index < -0.39 is 0 Å². The number of carbonyl (C=O) groups is 1. The first-order chi connectivity index (χ1) is 11.5. The van der Waals surface area contributed by atoms with Crippen molar-refractivity contribution in [2.45, 2.75) is 13.0 Å². The van der Waals surface area contributed by atoms with Crippen LogP contribution in [0.25, 0.3) is 0 Å². The molecule has 0 fully saturated rings. The molecule has 0 bridgehead atoms. The van der Waals surface area contributed by atoms with Crippen molar-refractivity contribution < 1.29 is 19.0 Å². The molecule has 1 atom stereocenters. The van der Waals surface area contributed by atoms with E-state index in [-0.39, 0.29) is 11.9 Å². The van der Waals surface area contributed by atoms with E-state index in [2.05, 4.69) is 5.32 Å². The van der Waals surface area contributed by atoms with Crippen molar-refractivity contribution in [3.8, 4) is 17.2 Å². The smallest absolute Gasteiger partial charge is 0.259 e. The number of methoxy groups -OCH3 is 3. The van der Waals surface area contributed by atoms with Crippen LogP contribution in [0.3, 0.4) is 0 Å². The van der Waals surface area contributed by atoms with Crippen LogP contribution in [0.15, 0.2) is 36.4 Å². The number of benzene rings is 2. The fourth-order valence-electron chi connectivity index (χ4n) is 2.35. The van der Waals surface area contributed by atoms with Crippen molar-refractivity contribution in [3.63, 3.8) is 0 Å². The second-order valence-electron chi connectivity index (χ2n) is 5.25. The summed E-state index contributed by atoms with van der Waals surface area (Å²) >= 11 is 0. The molecule has 128 valence electrons. The lowest BCUT2D eigenvalue weighted by molar-refractivity contribution is 0.102. The van der Waals surface area contributed by atoms with Crippen LogP contribution in [0.4, 0.5) is 5.69 Å². The van der Waals surface area contributed by atoms with Crippen molar-refractivity contribution in [1.82, 2.24) is 0 Å². The van der Waals surface area contributed by atoms with Crippen LogP contribution < -0.4 is 25.3 Å². The third-order valence-electron chi connectivity index (χ3n) is 3.64. The monoisotopic (exact) mass is 330 g/mol. The first-order valence-corrected chi connectivity index (χ1v) is 7.47. The Morgan fingerprint density at radius 3 is 2.08 bits per heavy atom. The minimum atomic E-state index is -0.304. The zero-order chi connectivity index (χ0) is 17.7. The number of amides is 1. The van der Waals surface area contributed by atoms with Crippen molar-refractivity contribution in [1.29, 1.82) is 0 Å². The maximum absolute atomic E-state index is 12.6. The van der Waals surface area contributed by atoms with Crippen molar-refractivity contribution in [2.75, 3.05) is 26.6 Å². The highest BCUT2D eigenvalue weighted by atomic mass is 16.5. The standard InChI is InChI=1S/C18H22N2O4/c1-11(19)12-5-7-13(8-6-12)20-18(21)14-9-10-15(22-2)17(24-4)16(14)23-3/h5-11H,19H2,1-4H3,(H,20,21). The molecule has 0 aliphatic heterocycles. The second-order valence-corrected chi connectivity index (χ2v) is 5.25. The van der Waals surface area contributed by atoms with Crippen molar-refractivity contribution in [3.05, 3.63) is 47.5 Å². The Labute approximate surface area is 141 Å². The predicted octanol–water partition coefficient (Wildman–Crippen LogP) is 2.98. The minimum absolute atomic E-state index is 0.0549. The molecule has 2 rings (SSSR count). The molecule has 1 amide bonds. The Hall–Kier alpha value is -2.73. The van der Waals surface area contributed by atoms with Gasteiger partial charge in [-0.25, -0.2) is 0 Å². The molecule has 0 aliphatic rings. The molecular weight excluding hydrogens is 308 g/mol. The normalized spacial score (nSPS) is 11.5. The number of hydrogen-bond donors (Lipinski definition) is 2. The zero-order valence-corrected chi connectivity index (χ0v) is 14.3. The van der Waals surface area contributed by atoms with Gasteiger partial charge >= 0.3 is 0 Å². The van der Waals surface area contributed by atoms with Gasteiger partial charge in [-0.1, -0.05) is 12.1 Å². The lowest BCUT2D eigenvalue weighted by Crippen LogP contribution is -2.14. The predicted molar refractivity (Wildman–Crippen MR) is 93.1 cm³/mol. The number of hydrogen-bond acceptors (Lipinski definition) is 5. The summed E-state index contributed by atoms with van der Waals surface area (Å²) in [6.07, 6.45) is 0. The molecule has 0 aliphatic carbocycles. The van der Waals surface area contributed by atoms with Crippen molar-refractivity contribution in [2.24, 2.45) is 5.73 Å². The molecule has 2 aromatic rings. The van der Waals surface area contributed by atoms with Crippen LogP contribution in [-0.2, 0) is 0 Å². The van der Waals surface area contributed by atoms with E-state index in [9.17, 15) is 4.79 Å². The molecule has 1 unspecified atom stereocenters. The third kappa shape index (κ3) is 3.60. The van der Waals surface area contributed by atoms with Gasteiger partial charge in [0, 0.05) is 11.7 Å². The second kappa shape index (κ2) is 7.70. The van der Waals surface area contributed by atoms with Crippen LogP contribution >= 0.6 is 0 Å². The molecule has 0 heterocycles. The SMILES string of the molecule is COc1ccc(C(=O)Nc2ccc(C(C)N)cc2)c(OC)c1OC. The van der Waals surface area contributed by atoms with Gasteiger partial charge in [0.1, 0.15) is 0 Å². The Morgan fingerprint density at radius 2 is 1.58 bits per heavy atom. The van der Waals surface area contributed by atoms with Gasteiger partial charge in [-0.05, 0) is 36.8 Å². The van der Waals surface area contributed by atoms with Gasteiger partial charge in [0.05, 0.1) is 26.9 Å². The average molecular weight is 330 g/mol. The van der Waals surface area contributed by atoms with E-state index in [1.807, 2.05) is 31.2 Å². The lowest BCUT2D eigenvalue weighted by atomic mass is 10.1. The lowest BCUT2D eigenvalue weighted by Gasteiger charge is -2.15. The molecule has 24 heavy (non-hydrogen) atoms. The average Bonchev–Trinajstić information content (AvgIpc) is 2.60. The molecule has 0 radical (unpaired) electrons. The summed E-state index contributed by atoms with van der Waals surface area (Å²) < 4.78 is 15.9. The number of rotatable bonds is 6. The largest absolute Gasteiger partial charge is 0.493 e. The number of ether oxygens (including phenoxy) is 3. The zero-order valence-electron chi connectivity index (χ0n) is 14.3. The van der Waals surface area contributed by atoms with E-state index in [0.29, 0.717) is 28.5 Å². The number of nitrogens with two attached hydrogens (primary N) is 1. The fourth-order valence-corrected chi connectivity index (χ4v) is 2.35. The first kappa shape index (κ1) is 17.6. The van der Waals surface area contributed by atoms with Crippen molar-refractivity contribution >= 4 is 11.6 Å². The third-order valence-corrected chi connectivity index (χ3v) is 3.64. The van der Waals surface area contributed by atoms with Crippen LogP contribution in [0.1, 0.15) is 28.9 Å². The molecule has 0 saturated heterocycles. The molecule has 0 aromatic heterocycles. The summed E-state index contributed by atoms with van der Waals surface area (Å²) in [5.74, 6) is 0.884. The highest BCUT2D eigenvalue weighted by Gasteiger charge is 2.20. The van der Waals surface area contributed by atoms with Crippen LogP contribution in [0.5, 0.6) is 17.2 Å². The van der Waals surface area contributed by atoms with Crippen LogP contribution in [0, 0.1) is 0 Å². The topological polar surface area (TPSA) is 82.8 Å². The highest BCUT2D eigenvalue weighted by Crippen LogP contribution is 2.39. The van der Waals surface area contributed by atoms with Gasteiger partial charge in [0.15, 0.2) is 11.5 Å².